The molecule has 0 spiro atoms. The minimum Gasteiger partial charge on any atom is -0.462 e. The lowest BCUT2D eigenvalue weighted by Gasteiger charge is -2.22. The molecule has 2 saturated carbocycles. The summed E-state index contributed by atoms with van der Waals surface area (Å²) in [5.41, 5.74) is 0. The Kier molecular flexibility index (Phi) is 7.46. The molecule has 0 radical (unpaired) electrons. The predicted octanol–water partition coefficient (Wildman–Crippen LogP) is 5.39. The molecule has 0 atom stereocenters. The van der Waals surface area contributed by atoms with E-state index in [0.717, 1.165) is 25.2 Å². The van der Waals surface area contributed by atoms with E-state index in [2.05, 4.69) is 0 Å². The summed E-state index contributed by atoms with van der Waals surface area (Å²) in [7, 11) is 0. The van der Waals surface area contributed by atoms with Crippen LogP contribution in [0.25, 0.3) is 0 Å². The fourth-order valence-corrected chi connectivity index (χ4v) is 3.78. The molecule has 0 aromatic rings. The second-order valence-electron chi connectivity index (χ2n) is 6.85. The summed E-state index contributed by atoms with van der Waals surface area (Å²) in [6, 6.07) is 0. The van der Waals surface area contributed by atoms with Gasteiger partial charge in [-0.15, -0.1) is 0 Å². The first-order valence-electron chi connectivity index (χ1n) is 9.04. The number of hydrogen-bond acceptors (Lipinski definition) is 2. The van der Waals surface area contributed by atoms with Gasteiger partial charge in [-0.2, -0.15) is 0 Å². The molecule has 2 heteroatoms. The smallest absolute Gasteiger partial charge is 0.306 e. The predicted molar refractivity (Wildman–Crippen MR) is 82.6 cm³/mol. The van der Waals surface area contributed by atoms with Gasteiger partial charge in [-0.3, -0.25) is 4.79 Å². The van der Waals surface area contributed by atoms with Crippen LogP contribution in [-0.4, -0.2) is 12.1 Å². The topological polar surface area (TPSA) is 26.3 Å². The van der Waals surface area contributed by atoms with Gasteiger partial charge in [0.25, 0.3) is 0 Å². The van der Waals surface area contributed by atoms with E-state index in [1.165, 1.54) is 70.6 Å². The quantitative estimate of drug-likeness (QED) is 0.461. The molecule has 2 rings (SSSR count). The number of esters is 1. The molecule has 0 heterocycles. The van der Waals surface area contributed by atoms with Crippen molar-refractivity contribution in [3.63, 3.8) is 0 Å². The van der Waals surface area contributed by atoms with Gasteiger partial charge in [-0.1, -0.05) is 57.8 Å². The summed E-state index contributed by atoms with van der Waals surface area (Å²) in [6.07, 6.45) is 19.0. The molecule has 2 aliphatic carbocycles. The number of carbonyl (C=O) groups is 1. The van der Waals surface area contributed by atoms with Gasteiger partial charge in [0.15, 0.2) is 0 Å². The third-order valence-corrected chi connectivity index (χ3v) is 5.07. The van der Waals surface area contributed by atoms with Gasteiger partial charge in [0.2, 0.25) is 0 Å². The second-order valence-corrected chi connectivity index (χ2v) is 6.85. The van der Waals surface area contributed by atoms with E-state index in [9.17, 15) is 4.79 Å². The maximum Gasteiger partial charge on any atom is 0.306 e. The highest BCUT2D eigenvalue weighted by Gasteiger charge is 2.17. The average molecular weight is 280 g/mol. The third-order valence-electron chi connectivity index (χ3n) is 5.07. The molecule has 116 valence electrons. The normalized spacial score (nSPS) is 21.8. The molecular formula is C18H32O2. The van der Waals surface area contributed by atoms with Gasteiger partial charge in [0, 0.05) is 6.42 Å². The standard InChI is InChI=1S/C18H32O2/c19-18(20-17-13-7-3-8-14-17)15-9-2-6-12-16-10-4-1-5-11-16/h16-17H,1-15H2. The minimum absolute atomic E-state index is 0.0505. The number of rotatable bonds is 7. The van der Waals surface area contributed by atoms with Crippen molar-refractivity contribution in [2.24, 2.45) is 5.92 Å². The first-order chi connectivity index (χ1) is 9.84. The van der Waals surface area contributed by atoms with Gasteiger partial charge in [-0.05, 0) is 38.0 Å². The lowest BCUT2D eigenvalue weighted by Crippen LogP contribution is -2.20. The minimum atomic E-state index is 0.0505. The summed E-state index contributed by atoms with van der Waals surface area (Å²) in [6.45, 7) is 0. The van der Waals surface area contributed by atoms with Crippen LogP contribution in [0, 0.1) is 5.92 Å². The number of unbranched alkanes of at least 4 members (excludes halogenated alkanes) is 2. The highest BCUT2D eigenvalue weighted by molar-refractivity contribution is 5.69. The Balaban J connectivity index is 1.44. The molecule has 0 aliphatic heterocycles. The van der Waals surface area contributed by atoms with E-state index in [1.54, 1.807) is 0 Å². The van der Waals surface area contributed by atoms with Crippen molar-refractivity contribution >= 4 is 5.97 Å². The highest BCUT2D eigenvalue weighted by Crippen LogP contribution is 2.28. The van der Waals surface area contributed by atoms with Crippen LogP contribution in [-0.2, 0) is 9.53 Å². The van der Waals surface area contributed by atoms with Crippen LogP contribution < -0.4 is 0 Å². The third kappa shape index (κ3) is 6.28. The first kappa shape index (κ1) is 15.9. The molecule has 0 amide bonds. The average Bonchev–Trinajstić information content (AvgIpc) is 2.49. The van der Waals surface area contributed by atoms with Crippen molar-refractivity contribution in [1.82, 2.24) is 0 Å². The molecule has 2 fully saturated rings. The summed E-state index contributed by atoms with van der Waals surface area (Å²) >= 11 is 0. The number of ether oxygens (including phenoxy) is 1. The fourth-order valence-electron chi connectivity index (χ4n) is 3.78. The van der Waals surface area contributed by atoms with Crippen LogP contribution in [0.2, 0.25) is 0 Å². The zero-order valence-corrected chi connectivity index (χ0v) is 13.1. The zero-order valence-electron chi connectivity index (χ0n) is 13.1. The molecule has 0 aromatic heterocycles. The van der Waals surface area contributed by atoms with Crippen LogP contribution in [0.15, 0.2) is 0 Å². The molecule has 0 bridgehead atoms. The van der Waals surface area contributed by atoms with Crippen molar-refractivity contribution in [3.05, 3.63) is 0 Å². The molecule has 2 aliphatic rings. The maximum absolute atomic E-state index is 11.8. The van der Waals surface area contributed by atoms with Crippen molar-refractivity contribution in [2.45, 2.75) is 102 Å². The Morgan fingerprint density at radius 2 is 1.45 bits per heavy atom. The van der Waals surface area contributed by atoms with Gasteiger partial charge >= 0.3 is 5.97 Å². The van der Waals surface area contributed by atoms with E-state index in [-0.39, 0.29) is 12.1 Å². The van der Waals surface area contributed by atoms with Crippen LogP contribution in [0.3, 0.4) is 0 Å². The Morgan fingerprint density at radius 1 is 0.800 bits per heavy atom. The lowest BCUT2D eigenvalue weighted by atomic mass is 9.85. The molecule has 2 nitrogen and oxygen atoms in total. The SMILES string of the molecule is O=C(CCCCCC1CCCCC1)OC1CCCCC1. The van der Waals surface area contributed by atoms with Crippen LogP contribution in [0.4, 0.5) is 0 Å². The van der Waals surface area contributed by atoms with Crippen LogP contribution in [0.1, 0.15) is 96.3 Å². The highest BCUT2D eigenvalue weighted by atomic mass is 16.5. The van der Waals surface area contributed by atoms with Crippen LogP contribution >= 0.6 is 0 Å². The van der Waals surface area contributed by atoms with E-state index >= 15 is 0 Å². The zero-order chi connectivity index (χ0) is 14.0. The lowest BCUT2D eigenvalue weighted by molar-refractivity contribution is -0.150. The van der Waals surface area contributed by atoms with E-state index in [4.69, 9.17) is 4.74 Å². The monoisotopic (exact) mass is 280 g/mol. The van der Waals surface area contributed by atoms with Gasteiger partial charge in [0.05, 0.1) is 0 Å². The summed E-state index contributed by atoms with van der Waals surface area (Å²) in [5, 5.41) is 0. The second kappa shape index (κ2) is 9.41. The fraction of sp³-hybridized carbons (Fsp3) is 0.944. The van der Waals surface area contributed by atoms with Crippen molar-refractivity contribution in [1.29, 1.82) is 0 Å². The molecule has 0 N–H and O–H groups in total. The van der Waals surface area contributed by atoms with Crippen molar-refractivity contribution in [3.8, 4) is 0 Å². The van der Waals surface area contributed by atoms with Gasteiger partial charge in [-0.25, -0.2) is 0 Å². The number of hydrogen-bond donors (Lipinski definition) is 0. The molecular weight excluding hydrogens is 248 g/mol. The van der Waals surface area contributed by atoms with Crippen molar-refractivity contribution < 1.29 is 9.53 Å². The summed E-state index contributed by atoms with van der Waals surface area (Å²) < 4.78 is 5.55. The van der Waals surface area contributed by atoms with E-state index in [1.807, 2.05) is 0 Å². The summed E-state index contributed by atoms with van der Waals surface area (Å²) in [5.74, 6) is 1.03. The maximum atomic E-state index is 11.8. The molecule has 0 saturated heterocycles. The van der Waals surface area contributed by atoms with Gasteiger partial charge < -0.3 is 4.74 Å². The van der Waals surface area contributed by atoms with E-state index in [0.29, 0.717) is 6.42 Å². The molecule has 0 unspecified atom stereocenters. The number of carbonyl (C=O) groups excluding carboxylic acids is 1. The first-order valence-corrected chi connectivity index (χ1v) is 9.04. The Hall–Kier alpha value is -0.530. The molecule has 0 aromatic carbocycles. The van der Waals surface area contributed by atoms with Crippen molar-refractivity contribution in [2.75, 3.05) is 0 Å². The largest absolute Gasteiger partial charge is 0.462 e. The Labute approximate surface area is 124 Å². The van der Waals surface area contributed by atoms with Crippen LogP contribution in [0.5, 0.6) is 0 Å². The molecule has 20 heavy (non-hydrogen) atoms. The summed E-state index contributed by atoms with van der Waals surface area (Å²) in [4.78, 5) is 11.8. The van der Waals surface area contributed by atoms with E-state index < -0.39 is 0 Å². The Bertz CT molecular complexity index is 263. The van der Waals surface area contributed by atoms with Gasteiger partial charge in [0.1, 0.15) is 6.10 Å². The Morgan fingerprint density at radius 3 is 2.15 bits per heavy atom.